The summed E-state index contributed by atoms with van der Waals surface area (Å²) in [6.45, 7) is 0.164. The predicted octanol–water partition coefficient (Wildman–Crippen LogP) is 4.24. The largest absolute Gasteiger partial charge is 0.458 e. The number of rotatable bonds is 4. The van der Waals surface area contributed by atoms with Crippen molar-refractivity contribution in [2.45, 2.75) is 6.61 Å². The molecular weight excluding hydrogens is 302 g/mol. The number of nitrogens with zero attached hydrogens (tertiary/aromatic N) is 1. The number of carbonyl (C=O) groups is 1. The first-order chi connectivity index (χ1) is 10.7. The number of oxazole rings is 1. The van der Waals surface area contributed by atoms with E-state index >= 15 is 0 Å². The van der Waals surface area contributed by atoms with Crippen LogP contribution in [0.3, 0.4) is 0 Å². The molecule has 110 valence electrons. The van der Waals surface area contributed by atoms with Crippen LogP contribution in [0.2, 0.25) is 5.02 Å². The number of ether oxygens (including phenoxy) is 1. The summed E-state index contributed by atoms with van der Waals surface area (Å²) in [5, 5.41) is 0.607. The molecule has 0 aliphatic heterocycles. The van der Waals surface area contributed by atoms with Crippen LogP contribution in [0.1, 0.15) is 11.5 Å². The van der Waals surface area contributed by atoms with Crippen LogP contribution in [-0.2, 0) is 16.1 Å². The van der Waals surface area contributed by atoms with Gasteiger partial charge in [0.25, 0.3) is 0 Å². The number of fused-ring (bicyclic) bond motifs is 1. The first-order valence-electron chi connectivity index (χ1n) is 6.65. The fourth-order valence-electron chi connectivity index (χ4n) is 1.93. The molecular formula is C17H12ClNO3. The third kappa shape index (κ3) is 3.54. The van der Waals surface area contributed by atoms with Crippen LogP contribution < -0.4 is 0 Å². The molecule has 0 bridgehead atoms. The van der Waals surface area contributed by atoms with Crippen LogP contribution in [-0.4, -0.2) is 11.0 Å². The Hall–Kier alpha value is -2.59. The molecule has 1 heterocycles. The lowest BCUT2D eigenvalue weighted by molar-refractivity contribution is -0.138. The molecule has 0 aliphatic carbocycles. The van der Waals surface area contributed by atoms with Crippen molar-refractivity contribution in [1.29, 1.82) is 0 Å². The standard InChI is InChI=1S/C17H12ClNO3/c18-13-5-3-4-12(10-13)11-21-17(20)9-8-16-19-14-6-1-2-7-15(14)22-16/h1-10H,11H2/b9-8+. The van der Waals surface area contributed by atoms with E-state index in [0.29, 0.717) is 16.5 Å². The minimum Gasteiger partial charge on any atom is -0.458 e. The first-order valence-corrected chi connectivity index (χ1v) is 7.03. The fraction of sp³-hybridized carbons (Fsp3) is 0.0588. The summed E-state index contributed by atoms with van der Waals surface area (Å²) in [7, 11) is 0. The molecule has 0 spiro atoms. The summed E-state index contributed by atoms with van der Waals surface area (Å²) < 4.78 is 10.6. The monoisotopic (exact) mass is 313 g/mol. The molecule has 5 heteroatoms. The van der Waals surface area contributed by atoms with Gasteiger partial charge in [0.1, 0.15) is 12.1 Å². The van der Waals surface area contributed by atoms with Crippen molar-refractivity contribution in [3.05, 3.63) is 71.1 Å². The highest BCUT2D eigenvalue weighted by atomic mass is 35.5. The topological polar surface area (TPSA) is 52.3 Å². The molecule has 0 amide bonds. The Kier molecular flexibility index (Phi) is 4.21. The number of hydrogen-bond acceptors (Lipinski definition) is 4. The highest BCUT2D eigenvalue weighted by Crippen LogP contribution is 2.15. The number of esters is 1. The van der Waals surface area contributed by atoms with E-state index in [1.54, 1.807) is 18.2 Å². The van der Waals surface area contributed by atoms with Crippen LogP contribution in [0, 0.1) is 0 Å². The Labute approximate surface area is 132 Å². The summed E-state index contributed by atoms with van der Waals surface area (Å²) in [5.41, 5.74) is 2.25. The fourth-order valence-corrected chi connectivity index (χ4v) is 2.14. The molecule has 22 heavy (non-hydrogen) atoms. The quantitative estimate of drug-likeness (QED) is 0.534. The SMILES string of the molecule is O=C(/C=C/c1nc2ccccc2o1)OCc1cccc(Cl)c1. The highest BCUT2D eigenvalue weighted by Gasteiger charge is 2.03. The van der Waals surface area contributed by atoms with Crippen LogP contribution >= 0.6 is 11.6 Å². The number of aromatic nitrogens is 1. The average molecular weight is 314 g/mol. The van der Waals surface area contributed by atoms with Crippen molar-refractivity contribution < 1.29 is 13.9 Å². The van der Waals surface area contributed by atoms with Gasteiger partial charge >= 0.3 is 5.97 Å². The summed E-state index contributed by atoms with van der Waals surface area (Å²) >= 11 is 5.86. The first kappa shape index (κ1) is 14.4. The molecule has 0 aliphatic rings. The zero-order chi connectivity index (χ0) is 15.4. The number of carbonyl (C=O) groups excluding carboxylic acids is 1. The molecule has 0 N–H and O–H groups in total. The van der Waals surface area contributed by atoms with Crippen LogP contribution in [0.5, 0.6) is 0 Å². The average Bonchev–Trinajstić information content (AvgIpc) is 2.94. The molecule has 0 atom stereocenters. The minimum absolute atomic E-state index is 0.164. The van der Waals surface area contributed by atoms with Crippen molar-refractivity contribution >= 4 is 34.7 Å². The maximum atomic E-state index is 11.7. The van der Waals surface area contributed by atoms with Crippen molar-refractivity contribution in [1.82, 2.24) is 4.98 Å². The Morgan fingerprint density at radius 3 is 2.91 bits per heavy atom. The summed E-state index contributed by atoms with van der Waals surface area (Å²) in [6.07, 6.45) is 2.77. The molecule has 0 unspecified atom stereocenters. The molecule has 2 aromatic carbocycles. The van der Waals surface area contributed by atoms with Crippen LogP contribution in [0.15, 0.2) is 59.0 Å². The number of halogens is 1. The van der Waals surface area contributed by atoms with Crippen molar-refractivity contribution in [3.8, 4) is 0 Å². The van der Waals surface area contributed by atoms with E-state index in [-0.39, 0.29) is 6.61 Å². The van der Waals surface area contributed by atoms with Gasteiger partial charge in [0, 0.05) is 17.2 Å². The van der Waals surface area contributed by atoms with E-state index in [2.05, 4.69) is 4.98 Å². The summed E-state index contributed by atoms with van der Waals surface area (Å²) in [6, 6.07) is 14.5. The lowest BCUT2D eigenvalue weighted by Crippen LogP contribution is -2.00. The van der Waals surface area contributed by atoms with Crippen molar-refractivity contribution in [2.75, 3.05) is 0 Å². The number of hydrogen-bond donors (Lipinski definition) is 0. The van der Waals surface area contributed by atoms with E-state index in [0.717, 1.165) is 11.1 Å². The van der Waals surface area contributed by atoms with Gasteiger partial charge in [-0.25, -0.2) is 9.78 Å². The third-order valence-electron chi connectivity index (χ3n) is 2.94. The zero-order valence-corrected chi connectivity index (χ0v) is 12.3. The van der Waals surface area contributed by atoms with Gasteiger partial charge in [-0.05, 0) is 29.8 Å². The van der Waals surface area contributed by atoms with Gasteiger partial charge in [0.15, 0.2) is 5.58 Å². The highest BCUT2D eigenvalue weighted by molar-refractivity contribution is 6.30. The minimum atomic E-state index is -0.470. The predicted molar refractivity (Wildman–Crippen MR) is 84.3 cm³/mol. The van der Waals surface area contributed by atoms with Gasteiger partial charge in [-0.2, -0.15) is 0 Å². The Balaban J connectivity index is 1.61. The van der Waals surface area contributed by atoms with Gasteiger partial charge in [-0.15, -0.1) is 0 Å². The maximum absolute atomic E-state index is 11.7. The van der Waals surface area contributed by atoms with Crippen LogP contribution in [0.25, 0.3) is 17.2 Å². The second-order valence-electron chi connectivity index (χ2n) is 4.59. The maximum Gasteiger partial charge on any atom is 0.331 e. The van der Waals surface area contributed by atoms with Gasteiger partial charge in [-0.1, -0.05) is 35.9 Å². The van der Waals surface area contributed by atoms with E-state index < -0.39 is 5.97 Å². The Bertz CT molecular complexity index is 806. The normalized spacial score (nSPS) is 11.1. The second-order valence-corrected chi connectivity index (χ2v) is 5.03. The molecule has 0 saturated heterocycles. The zero-order valence-electron chi connectivity index (χ0n) is 11.5. The molecule has 3 aromatic rings. The van der Waals surface area contributed by atoms with Gasteiger partial charge in [0.2, 0.25) is 5.89 Å². The lowest BCUT2D eigenvalue weighted by atomic mass is 10.2. The van der Waals surface area contributed by atoms with Gasteiger partial charge in [-0.3, -0.25) is 0 Å². The Morgan fingerprint density at radius 2 is 2.09 bits per heavy atom. The van der Waals surface area contributed by atoms with E-state index in [9.17, 15) is 4.79 Å². The van der Waals surface area contributed by atoms with Gasteiger partial charge in [0.05, 0.1) is 0 Å². The summed E-state index contributed by atoms with van der Waals surface area (Å²) in [4.78, 5) is 15.9. The molecule has 4 nitrogen and oxygen atoms in total. The number of para-hydroxylation sites is 2. The molecule has 3 rings (SSSR count). The molecule has 0 radical (unpaired) electrons. The van der Waals surface area contributed by atoms with Crippen molar-refractivity contribution in [2.24, 2.45) is 0 Å². The molecule has 0 saturated carbocycles. The Morgan fingerprint density at radius 1 is 1.23 bits per heavy atom. The van der Waals surface area contributed by atoms with Crippen LogP contribution in [0.4, 0.5) is 0 Å². The van der Waals surface area contributed by atoms with E-state index in [4.69, 9.17) is 20.8 Å². The summed E-state index contributed by atoms with van der Waals surface area (Å²) in [5.74, 6) is -0.108. The number of benzene rings is 2. The van der Waals surface area contributed by atoms with Crippen molar-refractivity contribution in [3.63, 3.8) is 0 Å². The van der Waals surface area contributed by atoms with Gasteiger partial charge < -0.3 is 9.15 Å². The molecule has 0 fully saturated rings. The van der Waals surface area contributed by atoms with E-state index in [1.165, 1.54) is 12.2 Å². The lowest BCUT2D eigenvalue weighted by Gasteiger charge is -2.02. The van der Waals surface area contributed by atoms with E-state index in [1.807, 2.05) is 30.3 Å². The smallest absolute Gasteiger partial charge is 0.331 e. The second kappa shape index (κ2) is 6.45. The third-order valence-corrected chi connectivity index (χ3v) is 3.18. The molecule has 1 aromatic heterocycles.